The first kappa shape index (κ1) is 20.9. The molecule has 0 fully saturated rings. The summed E-state index contributed by atoms with van der Waals surface area (Å²) in [5.74, 6) is 1.47. The molecule has 1 aliphatic rings. The zero-order valence-corrected chi connectivity index (χ0v) is 19.3. The first-order valence-electron chi connectivity index (χ1n) is 10.6. The van der Waals surface area contributed by atoms with Crippen molar-refractivity contribution in [3.63, 3.8) is 0 Å². The molecule has 2 aromatic carbocycles. The molecule has 0 saturated heterocycles. The third-order valence-corrected chi connectivity index (χ3v) is 7.24. The van der Waals surface area contributed by atoms with Gasteiger partial charge in [0.15, 0.2) is 11.0 Å². The average molecular weight is 463 g/mol. The third kappa shape index (κ3) is 4.61. The fourth-order valence-electron chi connectivity index (χ4n) is 3.84. The predicted molar refractivity (Wildman–Crippen MR) is 127 cm³/mol. The number of aryl methyl sites for hydroxylation is 3. The number of aromatic nitrogens is 3. The van der Waals surface area contributed by atoms with Gasteiger partial charge in [-0.05, 0) is 61.9 Å². The van der Waals surface area contributed by atoms with Crippen molar-refractivity contribution in [3.8, 4) is 11.3 Å². The van der Waals surface area contributed by atoms with Crippen LogP contribution < -0.4 is 5.32 Å². The smallest absolute Gasteiger partial charge is 0.258 e. The lowest BCUT2D eigenvalue weighted by Gasteiger charge is -2.16. The molecular formula is C24H22N4O2S2. The summed E-state index contributed by atoms with van der Waals surface area (Å²) in [6.45, 7) is 1.78. The van der Waals surface area contributed by atoms with Crippen molar-refractivity contribution in [1.82, 2.24) is 15.1 Å². The molecule has 0 saturated carbocycles. The van der Waals surface area contributed by atoms with Gasteiger partial charge in [-0.1, -0.05) is 29.4 Å². The number of amides is 1. The molecule has 0 spiro atoms. The molecule has 4 aromatic rings. The third-order valence-electron chi connectivity index (χ3n) is 5.42. The van der Waals surface area contributed by atoms with E-state index in [1.807, 2.05) is 29.6 Å². The summed E-state index contributed by atoms with van der Waals surface area (Å²) in [6, 6.07) is 14.1. The maximum absolute atomic E-state index is 13.0. The number of carbonyl (C=O) groups is 1. The van der Waals surface area contributed by atoms with Crippen LogP contribution in [0.25, 0.3) is 11.3 Å². The molecule has 1 aliphatic carbocycles. The Hall–Kier alpha value is -2.97. The van der Waals surface area contributed by atoms with Crippen LogP contribution in [0.1, 0.15) is 46.0 Å². The molecule has 0 radical (unpaired) electrons. The quantitative estimate of drug-likeness (QED) is 0.358. The van der Waals surface area contributed by atoms with Crippen LogP contribution >= 0.6 is 23.1 Å². The Balaban J connectivity index is 1.29. The monoisotopic (exact) mass is 462 g/mol. The van der Waals surface area contributed by atoms with Crippen molar-refractivity contribution in [2.75, 3.05) is 5.32 Å². The number of hydrogen-bond donors (Lipinski definition) is 1. The second kappa shape index (κ2) is 9.26. The Morgan fingerprint density at radius 2 is 1.97 bits per heavy atom. The fourth-order valence-corrected chi connectivity index (χ4v) is 5.44. The summed E-state index contributed by atoms with van der Waals surface area (Å²) < 4.78 is 5.17. The molecule has 8 heteroatoms. The van der Waals surface area contributed by atoms with Crippen LogP contribution in [0.3, 0.4) is 0 Å². The van der Waals surface area contributed by atoms with Crippen molar-refractivity contribution >= 4 is 34.1 Å². The highest BCUT2D eigenvalue weighted by atomic mass is 32.2. The number of hydrogen-bond acceptors (Lipinski definition) is 7. The van der Waals surface area contributed by atoms with E-state index in [0.29, 0.717) is 28.2 Å². The van der Waals surface area contributed by atoms with Crippen molar-refractivity contribution in [3.05, 3.63) is 76.3 Å². The number of thioether (sulfide) groups is 1. The molecule has 162 valence electrons. The SMILES string of the molecule is Cc1noc(CSc2ccccc2C(=O)Nc2nc(-c3ccc4c(c3)CCCC4)cs2)n1. The minimum Gasteiger partial charge on any atom is -0.338 e. The number of fused-ring (bicyclic) bond motifs is 1. The van der Waals surface area contributed by atoms with Gasteiger partial charge in [0, 0.05) is 15.8 Å². The molecule has 0 unspecified atom stereocenters. The van der Waals surface area contributed by atoms with Crippen LogP contribution in [0.5, 0.6) is 0 Å². The van der Waals surface area contributed by atoms with Gasteiger partial charge in [0.1, 0.15) is 0 Å². The summed E-state index contributed by atoms with van der Waals surface area (Å²) in [6.07, 6.45) is 4.82. The second-order valence-electron chi connectivity index (χ2n) is 7.70. The molecule has 2 heterocycles. The molecule has 0 aliphatic heterocycles. The van der Waals surface area contributed by atoms with Crippen LogP contribution in [0, 0.1) is 6.92 Å². The number of thiazole rings is 1. The number of anilines is 1. The van der Waals surface area contributed by atoms with E-state index in [-0.39, 0.29) is 5.91 Å². The zero-order chi connectivity index (χ0) is 21.9. The van der Waals surface area contributed by atoms with Crippen LogP contribution in [-0.4, -0.2) is 21.0 Å². The normalized spacial score (nSPS) is 13.0. The molecule has 1 amide bonds. The van der Waals surface area contributed by atoms with Crippen LogP contribution in [0.4, 0.5) is 5.13 Å². The van der Waals surface area contributed by atoms with Crippen LogP contribution in [-0.2, 0) is 18.6 Å². The molecule has 1 N–H and O–H groups in total. The molecule has 32 heavy (non-hydrogen) atoms. The van der Waals surface area contributed by atoms with Gasteiger partial charge in [-0.25, -0.2) is 4.98 Å². The standard InChI is InChI=1S/C24H22N4O2S2/c1-15-25-22(30-28-15)14-31-21-9-5-4-8-19(21)23(29)27-24-26-20(13-32-24)18-11-10-16-6-2-3-7-17(16)12-18/h4-5,8-13H,2-3,6-7,14H2,1H3,(H,26,27,29). The summed E-state index contributed by atoms with van der Waals surface area (Å²) >= 11 is 2.93. The van der Waals surface area contributed by atoms with Gasteiger partial charge in [-0.15, -0.1) is 23.1 Å². The van der Waals surface area contributed by atoms with Gasteiger partial charge in [-0.3, -0.25) is 10.1 Å². The fraction of sp³-hybridized carbons (Fsp3) is 0.250. The van der Waals surface area contributed by atoms with Crippen molar-refractivity contribution < 1.29 is 9.32 Å². The lowest BCUT2D eigenvalue weighted by molar-refractivity contribution is 0.102. The highest BCUT2D eigenvalue weighted by molar-refractivity contribution is 7.98. The highest BCUT2D eigenvalue weighted by Gasteiger charge is 2.16. The van der Waals surface area contributed by atoms with E-state index in [9.17, 15) is 4.79 Å². The summed E-state index contributed by atoms with van der Waals surface area (Å²) in [7, 11) is 0. The van der Waals surface area contributed by atoms with Crippen molar-refractivity contribution in [2.45, 2.75) is 43.3 Å². The Morgan fingerprint density at radius 1 is 1.12 bits per heavy atom. The predicted octanol–water partition coefficient (Wildman–Crippen LogP) is 5.92. The minimum absolute atomic E-state index is 0.179. The minimum atomic E-state index is -0.179. The van der Waals surface area contributed by atoms with E-state index in [0.717, 1.165) is 29.0 Å². The van der Waals surface area contributed by atoms with Gasteiger partial charge in [0.05, 0.1) is 17.0 Å². The molecule has 0 atom stereocenters. The lowest BCUT2D eigenvalue weighted by Crippen LogP contribution is -2.12. The Labute approximate surface area is 194 Å². The van der Waals surface area contributed by atoms with E-state index < -0.39 is 0 Å². The first-order chi connectivity index (χ1) is 15.7. The zero-order valence-electron chi connectivity index (χ0n) is 17.6. The van der Waals surface area contributed by atoms with Gasteiger partial charge in [0.25, 0.3) is 5.91 Å². The van der Waals surface area contributed by atoms with Crippen molar-refractivity contribution in [2.24, 2.45) is 0 Å². The molecule has 6 nitrogen and oxygen atoms in total. The van der Waals surface area contributed by atoms with Gasteiger partial charge >= 0.3 is 0 Å². The number of rotatable bonds is 6. The second-order valence-corrected chi connectivity index (χ2v) is 9.58. The summed E-state index contributed by atoms with van der Waals surface area (Å²) in [4.78, 5) is 22.7. The van der Waals surface area contributed by atoms with E-state index >= 15 is 0 Å². The van der Waals surface area contributed by atoms with E-state index in [2.05, 4.69) is 38.6 Å². The lowest BCUT2D eigenvalue weighted by atomic mass is 9.90. The number of carbonyl (C=O) groups excluding carboxylic acids is 1. The van der Waals surface area contributed by atoms with Crippen molar-refractivity contribution in [1.29, 1.82) is 0 Å². The Bertz CT molecular complexity index is 1260. The average Bonchev–Trinajstić information content (AvgIpc) is 3.46. The highest BCUT2D eigenvalue weighted by Crippen LogP contribution is 2.31. The van der Waals surface area contributed by atoms with Gasteiger partial charge in [0.2, 0.25) is 5.89 Å². The number of benzene rings is 2. The summed E-state index contributed by atoms with van der Waals surface area (Å²) in [5.41, 5.74) is 5.48. The maximum Gasteiger partial charge on any atom is 0.258 e. The molecule has 2 aromatic heterocycles. The van der Waals surface area contributed by atoms with Crippen LogP contribution in [0.15, 0.2) is 57.3 Å². The number of nitrogens with zero attached hydrogens (tertiary/aromatic N) is 3. The molecule has 0 bridgehead atoms. The van der Waals surface area contributed by atoms with E-state index in [1.165, 1.54) is 47.1 Å². The Morgan fingerprint density at radius 3 is 2.81 bits per heavy atom. The van der Waals surface area contributed by atoms with Crippen LogP contribution in [0.2, 0.25) is 0 Å². The number of nitrogens with one attached hydrogen (secondary N) is 1. The van der Waals surface area contributed by atoms with Gasteiger partial charge in [-0.2, -0.15) is 4.98 Å². The topological polar surface area (TPSA) is 80.9 Å². The largest absolute Gasteiger partial charge is 0.338 e. The molecular weight excluding hydrogens is 440 g/mol. The first-order valence-corrected chi connectivity index (χ1v) is 12.4. The van der Waals surface area contributed by atoms with E-state index in [4.69, 9.17) is 4.52 Å². The molecule has 5 rings (SSSR count). The maximum atomic E-state index is 13.0. The summed E-state index contributed by atoms with van der Waals surface area (Å²) in [5, 5.41) is 9.36. The van der Waals surface area contributed by atoms with Gasteiger partial charge < -0.3 is 4.52 Å². The Kier molecular flexibility index (Phi) is 6.05. The van der Waals surface area contributed by atoms with E-state index in [1.54, 1.807) is 6.92 Å².